The predicted molar refractivity (Wildman–Crippen MR) is 79.0 cm³/mol. The molecular weight excluding hydrogens is 268 g/mol. The van der Waals surface area contributed by atoms with Crippen molar-refractivity contribution < 1.29 is 14.7 Å². The van der Waals surface area contributed by atoms with Crippen LogP contribution in [0.5, 0.6) is 0 Å². The number of H-pyrrole nitrogens is 1. The van der Waals surface area contributed by atoms with E-state index in [1.807, 2.05) is 31.3 Å². The molecule has 5 heteroatoms. The number of fused-ring (bicyclic) bond motifs is 1. The van der Waals surface area contributed by atoms with E-state index in [1.54, 1.807) is 0 Å². The highest BCUT2D eigenvalue weighted by molar-refractivity contribution is 5.91. The number of carboxylic acids is 1. The fourth-order valence-electron chi connectivity index (χ4n) is 2.72. The lowest BCUT2D eigenvalue weighted by Crippen LogP contribution is -2.43. The number of amides is 1. The number of aromatic nitrogens is 1. The summed E-state index contributed by atoms with van der Waals surface area (Å²) < 4.78 is 0. The molecule has 3 N–H and O–H groups in total. The number of aliphatic carboxylic acids is 1. The Morgan fingerprint density at radius 2 is 2.19 bits per heavy atom. The number of carboxylic acid groups (broad SMARTS) is 1. The van der Waals surface area contributed by atoms with E-state index in [1.165, 1.54) is 0 Å². The summed E-state index contributed by atoms with van der Waals surface area (Å²) >= 11 is 0. The fourth-order valence-corrected chi connectivity index (χ4v) is 2.72. The molecule has 0 aliphatic heterocycles. The first-order chi connectivity index (χ1) is 10.1. The van der Waals surface area contributed by atoms with Gasteiger partial charge in [-0.15, -0.1) is 0 Å². The maximum Gasteiger partial charge on any atom is 0.326 e. The van der Waals surface area contributed by atoms with Crippen molar-refractivity contribution in [3.05, 3.63) is 35.5 Å². The summed E-state index contributed by atoms with van der Waals surface area (Å²) in [5.41, 5.74) is 3.05. The smallest absolute Gasteiger partial charge is 0.326 e. The summed E-state index contributed by atoms with van der Waals surface area (Å²) in [7, 11) is 0. The Balaban J connectivity index is 1.74. The number of rotatable bonds is 5. The molecule has 0 saturated heterocycles. The van der Waals surface area contributed by atoms with Crippen LogP contribution < -0.4 is 5.32 Å². The van der Waals surface area contributed by atoms with E-state index in [9.17, 15) is 9.59 Å². The van der Waals surface area contributed by atoms with E-state index in [4.69, 9.17) is 5.11 Å². The van der Waals surface area contributed by atoms with Gasteiger partial charge in [-0.2, -0.15) is 0 Å². The van der Waals surface area contributed by atoms with Crippen LogP contribution in [0.3, 0.4) is 0 Å². The molecule has 2 aromatic rings. The van der Waals surface area contributed by atoms with Crippen LogP contribution >= 0.6 is 0 Å². The molecule has 1 aliphatic rings. The molecule has 1 saturated carbocycles. The van der Waals surface area contributed by atoms with Crippen molar-refractivity contribution >= 4 is 22.8 Å². The molecule has 1 fully saturated rings. The molecule has 0 spiro atoms. The van der Waals surface area contributed by atoms with Crippen molar-refractivity contribution in [2.24, 2.45) is 5.92 Å². The monoisotopic (exact) mass is 286 g/mol. The Morgan fingerprint density at radius 3 is 2.86 bits per heavy atom. The number of hydrogen-bond donors (Lipinski definition) is 3. The topological polar surface area (TPSA) is 82.2 Å². The van der Waals surface area contributed by atoms with Crippen molar-refractivity contribution in [3.8, 4) is 0 Å². The van der Waals surface area contributed by atoms with Crippen LogP contribution in [0.25, 0.3) is 10.9 Å². The zero-order chi connectivity index (χ0) is 15.0. The summed E-state index contributed by atoms with van der Waals surface area (Å²) in [4.78, 5) is 26.4. The fraction of sp³-hybridized carbons (Fsp3) is 0.375. The number of benzene rings is 1. The molecule has 1 aliphatic carbocycles. The van der Waals surface area contributed by atoms with Gasteiger partial charge < -0.3 is 15.4 Å². The van der Waals surface area contributed by atoms with E-state index in [0.29, 0.717) is 0 Å². The first-order valence-corrected chi connectivity index (χ1v) is 7.14. The van der Waals surface area contributed by atoms with E-state index >= 15 is 0 Å². The minimum absolute atomic E-state index is 0.0941. The third-order valence-corrected chi connectivity index (χ3v) is 4.04. The Hall–Kier alpha value is -2.30. The maximum atomic E-state index is 12.1. The molecule has 110 valence electrons. The van der Waals surface area contributed by atoms with Crippen molar-refractivity contribution in [2.45, 2.75) is 32.2 Å². The van der Waals surface area contributed by atoms with Gasteiger partial charge in [0.2, 0.25) is 5.91 Å². The summed E-state index contributed by atoms with van der Waals surface area (Å²) in [6, 6.07) is 5.19. The summed E-state index contributed by atoms with van der Waals surface area (Å²) in [5, 5.41) is 12.8. The minimum atomic E-state index is -0.944. The number of aryl methyl sites for hydroxylation is 1. The second kappa shape index (κ2) is 5.24. The molecule has 1 heterocycles. The molecule has 1 aromatic heterocycles. The van der Waals surface area contributed by atoms with Crippen LogP contribution in [0.15, 0.2) is 24.4 Å². The summed E-state index contributed by atoms with van der Waals surface area (Å²) in [6.07, 6.45) is 3.77. The molecule has 5 nitrogen and oxygen atoms in total. The normalized spacial score (nSPS) is 15.9. The van der Waals surface area contributed by atoms with Gasteiger partial charge in [0.25, 0.3) is 0 Å². The van der Waals surface area contributed by atoms with Crippen molar-refractivity contribution in [2.75, 3.05) is 0 Å². The highest BCUT2D eigenvalue weighted by Gasteiger charge is 2.37. The molecule has 1 aromatic carbocycles. The Bertz CT molecular complexity index is 701. The van der Waals surface area contributed by atoms with Crippen LogP contribution in [0.2, 0.25) is 0 Å². The predicted octanol–water partition coefficient (Wildman–Crippen LogP) is 2.00. The average molecular weight is 286 g/mol. The quantitative estimate of drug-likeness (QED) is 0.786. The summed E-state index contributed by atoms with van der Waals surface area (Å²) in [6.45, 7) is 2.01. The third kappa shape index (κ3) is 2.77. The highest BCUT2D eigenvalue weighted by Crippen LogP contribution is 2.32. The first-order valence-electron chi connectivity index (χ1n) is 7.14. The molecule has 1 atom stereocenters. The Morgan fingerprint density at radius 1 is 1.43 bits per heavy atom. The second-order valence-corrected chi connectivity index (χ2v) is 5.71. The van der Waals surface area contributed by atoms with Crippen LogP contribution in [-0.4, -0.2) is 28.0 Å². The Labute approximate surface area is 122 Å². The average Bonchev–Trinajstić information content (AvgIpc) is 3.19. The number of hydrogen-bond acceptors (Lipinski definition) is 2. The Kier molecular flexibility index (Phi) is 3.41. The van der Waals surface area contributed by atoms with Crippen molar-refractivity contribution in [1.29, 1.82) is 0 Å². The zero-order valence-electron chi connectivity index (χ0n) is 11.8. The van der Waals surface area contributed by atoms with Crippen molar-refractivity contribution in [1.82, 2.24) is 10.3 Å². The van der Waals surface area contributed by atoms with E-state index in [0.717, 1.165) is 34.9 Å². The van der Waals surface area contributed by atoms with E-state index in [2.05, 4.69) is 10.3 Å². The van der Waals surface area contributed by atoms with Gasteiger partial charge in [-0.1, -0.05) is 18.2 Å². The molecule has 1 unspecified atom stereocenters. The lowest BCUT2D eigenvalue weighted by molar-refractivity contribution is -0.142. The minimum Gasteiger partial charge on any atom is -0.480 e. The van der Waals surface area contributed by atoms with Gasteiger partial charge in [0.15, 0.2) is 0 Å². The molecule has 3 rings (SSSR count). The number of carbonyl (C=O) groups excluding carboxylic acids is 1. The lowest BCUT2D eigenvalue weighted by Gasteiger charge is -2.13. The van der Waals surface area contributed by atoms with Gasteiger partial charge in [-0.25, -0.2) is 4.79 Å². The molecule has 0 radical (unpaired) electrons. The van der Waals surface area contributed by atoms with Crippen molar-refractivity contribution in [3.63, 3.8) is 0 Å². The summed E-state index contributed by atoms with van der Waals surface area (Å²) in [5.74, 6) is -1.09. The van der Waals surface area contributed by atoms with E-state index in [-0.39, 0.29) is 18.2 Å². The number of para-hydroxylation sites is 1. The molecule has 21 heavy (non-hydrogen) atoms. The second-order valence-electron chi connectivity index (χ2n) is 5.71. The van der Waals surface area contributed by atoms with E-state index < -0.39 is 12.0 Å². The number of carbonyl (C=O) groups is 2. The lowest BCUT2D eigenvalue weighted by atomic mass is 10.1. The first kappa shape index (κ1) is 13.7. The van der Waals surface area contributed by atoms with Gasteiger partial charge in [0.05, 0.1) is 6.42 Å². The van der Waals surface area contributed by atoms with Crippen LogP contribution in [0.1, 0.15) is 24.0 Å². The van der Waals surface area contributed by atoms with Crippen LogP contribution in [0, 0.1) is 12.8 Å². The molecule has 1 amide bonds. The molecule has 0 bridgehead atoms. The van der Waals surface area contributed by atoms with Gasteiger partial charge in [0, 0.05) is 17.1 Å². The van der Waals surface area contributed by atoms with Gasteiger partial charge in [-0.05, 0) is 36.8 Å². The third-order valence-electron chi connectivity index (χ3n) is 4.04. The largest absolute Gasteiger partial charge is 0.480 e. The van der Waals surface area contributed by atoms with Crippen LogP contribution in [-0.2, 0) is 16.0 Å². The number of aromatic amines is 1. The zero-order valence-corrected chi connectivity index (χ0v) is 11.8. The number of nitrogens with one attached hydrogen (secondary N) is 2. The van der Waals surface area contributed by atoms with Gasteiger partial charge in [-0.3, -0.25) is 4.79 Å². The SMILES string of the molecule is Cc1cccc2c(CC(=O)NC(C(=O)O)C3CC3)c[nH]c12. The maximum absolute atomic E-state index is 12.1. The van der Waals surface area contributed by atoms with Crippen LogP contribution in [0.4, 0.5) is 0 Å². The molecular formula is C16H18N2O3. The van der Waals surface area contributed by atoms with Gasteiger partial charge >= 0.3 is 5.97 Å². The highest BCUT2D eigenvalue weighted by atomic mass is 16.4. The van der Waals surface area contributed by atoms with Gasteiger partial charge in [0.1, 0.15) is 6.04 Å². The standard InChI is InChI=1S/C16H18N2O3/c1-9-3-2-4-12-11(8-17-14(9)12)7-13(19)18-15(16(20)21)10-5-6-10/h2-4,8,10,15,17H,5-7H2,1H3,(H,18,19)(H,20,21).